The van der Waals surface area contributed by atoms with E-state index in [2.05, 4.69) is 0 Å². The maximum atomic E-state index is 13.8. The van der Waals surface area contributed by atoms with Crippen molar-refractivity contribution in [1.29, 1.82) is 0 Å². The molecule has 0 amide bonds. The van der Waals surface area contributed by atoms with Gasteiger partial charge in [-0.1, -0.05) is 13.8 Å². The van der Waals surface area contributed by atoms with Crippen LogP contribution in [0, 0.1) is 5.82 Å². The van der Waals surface area contributed by atoms with Gasteiger partial charge in [-0.3, -0.25) is 0 Å². The third-order valence-electron chi connectivity index (χ3n) is 2.96. The predicted molar refractivity (Wildman–Crippen MR) is 76.1 cm³/mol. The van der Waals surface area contributed by atoms with Crippen LogP contribution in [0.15, 0.2) is 23.1 Å². The average molecular weight is 304 g/mol. The summed E-state index contributed by atoms with van der Waals surface area (Å²) in [7, 11) is -3.79. The van der Waals surface area contributed by atoms with Crippen molar-refractivity contribution in [3.05, 3.63) is 24.0 Å². The zero-order valence-corrected chi connectivity index (χ0v) is 12.5. The van der Waals surface area contributed by atoms with E-state index in [-0.39, 0.29) is 21.1 Å². The van der Waals surface area contributed by atoms with E-state index in [1.165, 1.54) is 16.4 Å². The lowest BCUT2D eigenvalue weighted by Gasteiger charge is -2.33. The lowest BCUT2D eigenvalue weighted by Crippen LogP contribution is -2.44. The first-order chi connectivity index (χ1) is 8.80. The van der Waals surface area contributed by atoms with Gasteiger partial charge in [0.1, 0.15) is 10.7 Å². The van der Waals surface area contributed by atoms with Gasteiger partial charge in [0.15, 0.2) is 0 Å². The van der Waals surface area contributed by atoms with Crippen molar-refractivity contribution in [2.45, 2.75) is 29.2 Å². The van der Waals surface area contributed by atoms with Crippen LogP contribution in [0.25, 0.3) is 0 Å². The standard InChI is InChI=1S/C12H17FN2O2S2/c1-8-6-15(7-9(2)18-8)19(16,17)12-4-3-10(14)5-11(12)13/h3-5,8-9H,6-7,14H2,1-2H3. The summed E-state index contributed by atoms with van der Waals surface area (Å²) in [5.41, 5.74) is 5.66. The zero-order chi connectivity index (χ0) is 14.2. The highest BCUT2D eigenvalue weighted by atomic mass is 32.2. The number of nitrogens with two attached hydrogens (primary N) is 1. The summed E-state index contributed by atoms with van der Waals surface area (Å²) < 4.78 is 40.1. The van der Waals surface area contributed by atoms with Crippen LogP contribution in [0.5, 0.6) is 0 Å². The Morgan fingerprint density at radius 1 is 1.32 bits per heavy atom. The van der Waals surface area contributed by atoms with Gasteiger partial charge < -0.3 is 5.73 Å². The van der Waals surface area contributed by atoms with E-state index in [9.17, 15) is 12.8 Å². The molecule has 1 aliphatic rings. The highest BCUT2D eigenvalue weighted by molar-refractivity contribution is 8.00. The Balaban J connectivity index is 2.36. The Labute approximate surface area is 117 Å². The van der Waals surface area contributed by atoms with Gasteiger partial charge in [0.25, 0.3) is 0 Å². The second kappa shape index (κ2) is 5.30. The van der Waals surface area contributed by atoms with Gasteiger partial charge in [-0.15, -0.1) is 0 Å². The van der Waals surface area contributed by atoms with Crippen LogP contribution in [0.1, 0.15) is 13.8 Å². The van der Waals surface area contributed by atoms with E-state index in [0.717, 1.165) is 6.07 Å². The largest absolute Gasteiger partial charge is 0.399 e. The molecule has 2 rings (SSSR count). The molecule has 0 saturated carbocycles. The van der Waals surface area contributed by atoms with Crippen molar-refractivity contribution < 1.29 is 12.8 Å². The van der Waals surface area contributed by atoms with Crippen molar-refractivity contribution in [3.63, 3.8) is 0 Å². The van der Waals surface area contributed by atoms with Crippen LogP contribution in [0.4, 0.5) is 10.1 Å². The molecule has 1 heterocycles. The molecule has 0 spiro atoms. The SMILES string of the molecule is CC1CN(S(=O)(=O)c2ccc(N)cc2F)CC(C)S1. The van der Waals surface area contributed by atoms with Crippen molar-refractivity contribution in [2.24, 2.45) is 0 Å². The van der Waals surface area contributed by atoms with E-state index < -0.39 is 15.8 Å². The fraction of sp³-hybridized carbons (Fsp3) is 0.500. The minimum absolute atomic E-state index is 0.204. The molecule has 1 aromatic rings. The van der Waals surface area contributed by atoms with Crippen molar-refractivity contribution in [1.82, 2.24) is 4.31 Å². The number of hydrogen-bond acceptors (Lipinski definition) is 4. The number of nitrogen functional groups attached to an aromatic ring is 1. The summed E-state index contributed by atoms with van der Waals surface area (Å²) in [6, 6.07) is 3.68. The molecule has 1 fully saturated rings. The number of anilines is 1. The van der Waals surface area contributed by atoms with E-state index in [1.807, 2.05) is 13.8 Å². The average Bonchev–Trinajstić information content (AvgIpc) is 2.26. The summed E-state index contributed by atoms with van der Waals surface area (Å²) in [6.45, 7) is 4.76. The fourth-order valence-corrected chi connectivity index (χ4v) is 5.37. The van der Waals surface area contributed by atoms with E-state index >= 15 is 0 Å². The van der Waals surface area contributed by atoms with Gasteiger partial charge in [0, 0.05) is 29.3 Å². The molecule has 106 valence electrons. The number of thioether (sulfide) groups is 1. The van der Waals surface area contributed by atoms with E-state index in [1.54, 1.807) is 11.8 Å². The first-order valence-electron chi connectivity index (χ1n) is 6.01. The first-order valence-corrected chi connectivity index (χ1v) is 8.39. The summed E-state index contributed by atoms with van der Waals surface area (Å²) >= 11 is 1.74. The lowest BCUT2D eigenvalue weighted by molar-refractivity contribution is 0.401. The quantitative estimate of drug-likeness (QED) is 0.848. The van der Waals surface area contributed by atoms with Crippen molar-refractivity contribution in [3.8, 4) is 0 Å². The Morgan fingerprint density at radius 2 is 1.89 bits per heavy atom. The Kier molecular flexibility index (Phi) is 4.08. The van der Waals surface area contributed by atoms with Crippen molar-refractivity contribution in [2.75, 3.05) is 18.8 Å². The zero-order valence-electron chi connectivity index (χ0n) is 10.8. The van der Waals surface area contributed by atoms with Gasteiger partial charge in [-0.25, -0.2) is 12.8 Å². The minimum atomic E-state index is -3.79. The molecule has 2 unspecified atom stereocenters. The van der Waals surface area contributed by atoms with Crippen molar-refractivity contribution >= 4 is 27.5 Å². The summed E-state index contributed by atoms with van der Waals surface area (Å²) in [5, 5.41) is 0.408. The highest BCUT2D eigenvalue weighted by Gasteiger charge is 2.33. The Hall–Kier alpha value is -0.790. The summed E-state index contributed by atoms with van der Waals surface area (Å²) in [5.74, 6) is -0.793. The molecule has 19 heavy (non-hydrogen) atoms. The molecule has 4 nitrogen and oxygen atoms in total. The van der Waals surface area contributed by atoms with E-state index in [4.69, 9.17) is 5.73 Å². The number of benzene rings is 1. The number of nitrogens with zero attached hydrogens (tertiary/aromatic N) is 1. The first kappa shape index (κ1) is 14.6. The van der Waals surface area contributed by atoms with Gasteiger partial charge in [0.2, 0.25) is 10.0 Å². The summed E-state index contributed by atoms with van der Waals surface area (Å²) in [4.78, 5) is -0.298. The Bertz CT molecular complexity index is 567. The van der Waals surface area contributed by atoms with Crippen LogP contribution in [-0.2, 0) is 10.0 Å². The monoisotopic (exact) mass is 304 g/mol. The van der Waals surface area contributed by atoms with Crippen LogP contribution < -0.4 is 5.73 Å². The molecular weight excluding hydrogens is 287 g/mol. The number of sulfonamides is 1. The highest BCUT2D eigenvalue weighted by Crippen LogP contribution is 2.30. The second-order valence-corrected chi connectivity index (χ2v) is 8.56. The van der Waals surface area contributed by atoms with Gasteiger partial charge in [0.05, 0.1) is 0 Å². The third kappa shape index (κ3) is 3.04. The predicted octanol–water partition coefficient (Wildman–Crippen LogP) is 1.92. The van der Waals surface area contributed by atoms with Crippen LogP contribution >= 0.6 is 11.8 Å². The molecule has 1 aliphatic heterocycles. The normalized spacial score (nSPS) is 25.4. The molecule has 1 aromatic carbocycles. The van der Waals surface area contributed by atoms with Gasteiger partial charge in [-0.2, -0.15) is 16.1 Å². The smallest absolute Gasteiger partial charge is 0.246 e. The fourth-order valence-electron chi connectivity index (χ4n) is 2.19. The molecule has 7 heteroatoms. The van der Waals surface area contributed by atoms with Gasteiger partial charge >= 0.3 is 0 Å². The number of halogens is 1. The van der Waals surface area contributed by atoms with Gasteiger partial charge in [-0.05, 0) is 18.2 Å². The molecule has 0 bridgehead atoms. The van der Waals surface area contributed by atoms with Crippen LogP contribution in [0.3, 0.4) is 0 Å². The molecule has 1 saturated heterocycles. The molecule has 0 aliphatic carbocycles. The molecule has 0 radical (unpaired) electrons. The maximum absolute atomic E-state index is 13.8. The number of rotatable bonds is 2. The van der Waals surface area contributed by atoms with Crippen LogP contribution in [-0.4, -0.2) is 36.3 Å². The second-order valence-electron chi connectivity index (χ2n) is 4.77. The lowest BCUT2D eigenvalue weighted by atomic mass is 10.3. The van der Waals surface area contributed by atoms with Crippen LogP contribution in [0.2, 0.25) is 0 Å². The molecule has 0 aromatic heterocycles. The molecule has 2 N–H and O–H groups in total. The summed E-state index contributed by atoms with van der Waals surface area (Å²) in [6.07, 6.45) is 0. The maximum Gasteiger partial charge on any atom is 0.246 e. The topological polar surface area (TPSA) is 63.4 Å². The minimum Gasteiger partial charge on any atom is -0.399 e. The molecular formula is C12H17FN2O2S2. The molecule has 2 atom stereocenters. The Morgan fingerprint density at radius 3 is 2.42 bits per heavy atom. The third-order valence-corrected chi connectivity index (χ3v) is 6.05. The number of hydrogen-bond donors (Lipinski definition) is 1. The van der Waals surface area contributed by atoms with E-state index in [0.29, 0.717) is 13.1 Å².